The van der Waals surface area contributed by atoms with E-state index in [-0.39, 0.29) is 6.61 Å². The van der Waals surface area contributed by atoms with E-state index in [0.29, 0.717) is 13.2 Å². The Balaban J connectivity index is 1.85. The Morgan fingerprint density at radius 2 is 2.43 bits per heavy atom. The van der Waals surface area contributed by atoms with Gasteiger partial charge in [0.25, 0.3) is 0 Å². The van der Waals surface area contributed by atoms with Crippen LogP contribution in [0.15, 0.2) is 12.4 Å². The average molecular weight is 199 g/mol. The van der Waals surface area contributed by atoms with Gasteiger partial charge in [0, 0.05) is 19.0 Å². The van der Waals surface area contributed by atoms with Crippen molar-refractivity contribution < 1.29 is 9.84 Å². The summed E-state index contributed by atoms with van der Waals surface area (Å²) in [5, 5.41) is 11.7. The van der Waals surface area contributed by atoms with Crippen LogP contribution in [0.2, 0.25) is 0 Å². The van der Waals surface area contributed by atoms with Crippen LogP contribution in [0.25, 0.3) is 0 Å². The van der Waals surface area contributed by atoms with E-state index in [2.05, 4.69) is 15.3 Å². The van der Waals surface area contributed by atoms with Crippen LogP contribution in [0.5, 0.6) is 0 Å². The zero-order valence-corrected chi connectivity index (χ0v) is 8.20. The topological polar surface area (TPSA) is 70.2 Å². The second-order valence-electron chi connectivity index (χ2n) is 2.90. The van der Waals surface area contributed by atoms with Crippen molar-refractivity contribution in [2.24, 2.45) is 0 Å². The Morgan fingerprint density at radius 1 is 1.50 bits per heavy atom. The monoisotopic (exact) mass is 199 g/mol. The standard InChI is InChI=1S/C9H17N3O2/c13-5-7-14-6-1-2-10-8-9-11-3-4-12-9/h3-4,10,13H,1-2,5-8H2,(H,11,12). The molecular formula is C9H17N3O2. The third-order valence-corrected chi connectivity index (χ3v) is 1.73. The molecule has 0 fully saturated rings. The van der Waals surface area contributed by atoms with Gasteiger partial charge in [0.2, 0.25) is 0 Å². The van der Waals surface area contributed by atoms with Crippen molar-refractivity contribution in [3.63, 3.8) is 0 Å². The largest absolute Gasteiger partial charge is 0.394 e. The smallest absolute Gasteiger partial charge is 0.120 e. The zero-order chi connectivity index (χ0) is 10.1. The van der Waals surface area contributed by atoms with Crippen LogP contribution in [-0.2, 0) is 11.3 Å². The number of imidazole rings is 1. The van der Waals surface area contributed by atoms with E-state index in [1.807, 2.05) is 0 Å². The van der Waals surface area contributed by atoms with Crippen molar-refractivity contribution in [1.82, 2.24) is 15.3 Å². The van der Waals surface area contributed by atoms with Gasteiger partial charge in [-0.1, -0.05) is 0 Å². The van der Waals surface area contributed by atoms with E-state index in [4.69, 9.17) is 9.84 Å². The second-order valence-corrected chi connectivity index (χ2v) is 2.90. The predicted molar refractivity (Wildman–Crippen MR) is 52.8 cm³/mol. The molecule has 0 unspecified atom stereocenters. The minimum Gasteiger partial charge on any atom is -0.394 e. The molecule has 0 aromatic carbocycles. The molecule has 0 aliphatic heterocycles. The third-order valence-electron chi connectivity index (χ3n) is 1.73. The normalized spacial score (nSPS) is 10.6. The fourth-order valence-electron chi connectivity index (χ4n) is 1.07. The highest BCUT2D eigenvalue weighted by molar-refractivity contribution is 4.85. The molecule has 1 heterocycles. The van der Waals surface area contributed by atoms with Crippen molar-refractivity contribution >= 4 is 0 Å². The van der Waals surface area contributed by atoms with Crippen LogP contribution < -0.4 is 5.32 Å². The van der Waals surface area contributed by atoms with Crippen molar-refractivity contribution in [3.8, 4) is 0 Å². The lowest BCUT2D eigenvalue weighted by atomic mass is 10.4. The summed E-state index contributed by atoms with van der Waals surface area (Å²) in [6, 6.07) is 0. The highest BCUT2D eigenvalue weighted by Crippen LogP contribution is 1.87. The molecule has 0 bridgehead atoms. The van der Waals surface area contributed by atoms with Gasteiger partial charge in [-0.3, -0.25) is 0 Å². The first-order valence-corrected chi connectivity index (χ1v) is 4.81. The van der Waals surface area contributed by atoms with Crippen LogP contribution in [0, 0.1) is 0 Å². The summed E-state index contributed by atoms with van der Waals surface area (Å²) in [7, 11) is 0. The number of aromatic nitrogens is 2. The number of aromatic amines is 1. The summed E-state index contributed by atoms with van der Waals surface area (Å²) in [5.74, 6) is 0.946. The fraction of sp³-hybridized carbons (Fsp3) is 0.667. The number of hydrogen-bond acceptors (Lipinski definition) is 4. The van der Waals surface area contributed by atoms with Gasteiger partial charge in [-0.2, -0.15) is 0 Å². The molecule has 1 aromatic heterocycles. The van der Waals surface area contributed by atoms with E-state index in [1.165, 1.54) is 0 Å². The van der Waals surface area contributed by atoms with Gasteiger partial charge >= 0.3 is 0 Å². The first-order chi connectivity index (χ1) is 6.93. The maximum absolute atomic E-state index is 8.44. The molecule has 0 aliphatic carbocycles. The lowest BCUT2D eigenvalue weighted by molar-refractivity contribution is 0.0907. The molecule has 0 atom stereocenters. The third kappa shape index (κ3) is 4.96. The second kappa shape index (κ2) is 7.49. The Kier molecular flexibility index (Phi) is 5.97. The molecule has 3 N–H and O–H groups in total. The van der Waals surface area contributed by atoms with Crippen molar-refractivity contribution in [2.75, 3.05) is 26.4 Å². The predicted octanol–water partition coefficient (Wildman–Crippen LogP) is -0.102. The van der Waals surface area contributed by atoms with Crippen LogP contribution in [0.3, 0.4) is 0 Å². The van der Waals surface area contributed by atoms with E-state index >= 15 is 0 Å². The van der Waals surface area contributed by atoms with Crippen LogP contribution in [0.1, 0.15) is 12.2 Å². The Hall–Kier alpha value is -0.910. The zero-order valence-electron chi connectivity index (χ0n) is 8.20. The molecule has 0 amide bonds. The molecule has 5 nitrogen and oxygen atoms in total. The number of rotatable bonds is 8. The summed E-state index contributed by atoms with van der Waals surface area (Å²) in [4.78, 5) is 7.09. The summed E-state index contributed by atoms with van der Waals surface area (Å²) in [5.41, 5.74) is 0. The molecule has 5 heteroatoms. The van der Waals surface area contributed by atoms with Gasteiger partial charge in [-0.15, -0.1) is 0 Å². The quantitative estimate of drug-likeness (QED) is 0.511. The van der Waals surface area contributed by atoms with E-state index < -0.39 is 0 Å². The van der Waals surface area contributed by atoms with E-state index in [1.54, 1.807) is 12.4 Å². The van der Waals surface area contributed by atoms with Gasteiger partial charge in [0.15, 0.2) is 0 Å². The number of nitrogens with zero attached hydrogens (tertiary/aromatic N) is 1. The van der Waals surface area contributed by atoms with Gasteiger partial charge in [-0.05, 0) is 13.0 Å². The number of hydrogen-bond donors (Lipinski definition) is 3. The van der Waals surface area contributed by atoms with Crippen LogP contribution in [0.4, 0.5) is 0 Å². The molecule has 1 aromatic rings. The van der Waals surface area contributed by atoms with Gasteiger partial charge in [0.1, 0.15) is 5.82 Å². The van der Waals surface area contributed by atoms with E-state index in [0.717, 1.165) is 25.3 Å². The number of nitrogens with one attached hydrogen (secondary N) is 2. The van der Waals surface area contributed by atoms with E-state index in [9.17, 15) is 0 Å². The molecular weight excluding hydrogens is 182 g/mol. The van der Waals surface area contributed by atoms with Crippen molar-refractivity contribution in [2.45, 2.75) is 13.0 Å². The molecule has 0 spiro atoms. The Bertz CT molecular complexity index is 214. The first-order valence-electron chi connectivity index (χ1n) is 4.81. The molecule has 0 radical (unpaired) electrons. The summed E-state index contributed by atoms with van der Waals surface area (Å²) >= 11 is 0. The molecule has 0 saturated carbocycles. The first kappa shape index (κ1) is 11.2. The van der Waals surface area contributed by atoms with Crippen molar-refractivity contribution in [1.29, 1.82) is 0 Å². The highest BCUT2D eigenvalue weighted by atomic mass is 16.5. The summed E-state index contributed by atoms with van der Waals surface area (Å²) < 4.78 is 5.11. The maximum atomic E-state index is 8.44. The minimum absolute atomic E-state index is 0.0970. The number of aliphatic hydroxyl groups is 1. The summed E-state index contributed by atoms with van der Waals surface area (Å²) in [6.07, 6.45) is 4.49. The van der Waals surface area contributed by atoms with Crippen molar-refractivity contribution in [3.05, 3.63) is 18.2 Å². The van der Waals surface area contributed by atoms with Gasteiger partial charge in [0.05, 0.1) is 19.8 Å². The average Bonchev–Trinajstić information content (AvgIpc) is 2.69. The van der Waals surface area contributed by atoms with Gasteiger partial charge < -0.3 is 20.1 Å². The molecule has 1 rings (SSSR count). The minimum atomic E-state index is 0.0970. The lowest BCUT2D eigenvalue weighted by Gasteiger charge is -2.03. The number of aliphatic hydroxyl groups excluding tert-OH is 1. The molecule has 14 heavy (non-hydrogen) atoms. The highest BCUT2D eigenvalue weighted by Gasteiger charge is 1.93. The van der Waals surface area contributed by atoms with Crippen LogP contribution in [-0.4, -0.2) is 41.4 Å². The van der Waals surface area contributed by atoms with Crippen LogP contribution >= 0.6 is 0 Å². The fourth-order valence-corrected chi connectivity index (χ4v) is 1.07. The summed E-state index contributed by atoms with van der Waals surface area (Å²) in [6.45, 7) is 2.86. The Morgan fingerprint density at radius 3 is 3.14 bits per heavy atom. The SMILES string of the molecule is OCCOCCCNCc1ncc[nH]1. The molecule has 0 saturated heterocycles. The Labute approximate surface area is 83.5 Å². The number of ether oxygens (including phenoxy) is 1. The molecule has 80 valence electrons. The van der Waals surface area contributed by atoms with Gasteiger partial charge in [-0.25, -0.2) is 4.98 Å². The molecule has 0 aliphatic rings. The number of H-pyrrole nitrogens is 1. The maximum Gasteiger partial charge on any atom is 0.120 e. The lowest BCUT2D eigenvalue weighted by Crippen LogP contribution is -2.17.